The number of nitro benzene ring substituents is 1. The van der Waals surface area contributed by atoms with Gasteiger partial charge < -0.3 is 0 Å². The Morgan fingerprint density at radius 1 is 0.596 bits per heavy atom. The van der Waals surface area contributed by atoms with Crippen LogP contribution >= 0.6 is 0 Å². The number of aromatic amines is 2. The number of fused-ring (bicyclic) bond motifs is 17. The van der Waals surface area contributed by atoms with Gasteiger partial charge >= 0.3 is 267 Å². The Morgan fingerprint density at radius 2 is 1.15 bits per heavy atom. The molecule has 0 saturated heterocycles. The molecule has 20 nitrogen and oxygen atoms in total. The van der Waals surface area contributed by atoms with Crippen molar-refractivity contribution >= 4 is 49.0 Å². The summed E-state index contributed by atoms with van der Waals surface area (Å²) in [4.78, 5) is 78.0. The van der Waals surface area contributed by atoms with Crippen LogP contribution in [-0.4, -0.2) is 63.8 Å². The zero-order chi connectivity index (χ0) is 36.4. The molecular weight excluding hydrogens is 734 g/mol. The van der Waals surface area contributed by atoms with E-state index >= 15 is 0 Å². The summed E-state index contributed by atoms with van der Waals surface area (Å²) in [7, 11) is 0. The number of hydrogen-bond donors (Lipinski definition) is 2. The fourth-order valence-corrected chi connectivity index (χ4v) is 6.53. The molecule has 0 fully saturated rings. The summed E-state index contributed by atoms with van der Waals surface area (Å²) >= 11 is -0.425. The molecule has 0 aliphatic carbocycles. The van der Waals surface area contributed by atoms with Gasteiger partial charge in [-0.3, -0.25) is 0 Å². The van der Waals surface area contributed by atoms with Gasteiger partial charge in [-0.1, -0.05) is 24.3 Å². The van der Waals surface area contributed by atoms with Crippen LogP contribution in [0.4, 0.5) is 5.69 Å². The van der Waals surface area contributed by atoms with Gasteiger partial charge in [0.1, 0.15) is 0 Å². The van der Waals surface area contributed by atoms with Crippen molar-refractivity contribution in [3.05, 3.63) is 125 Å². The van der Waals surface area contributed by atoms with E-state index in [0.717, 1.165) is 0 Å². The maximum atomic E-state index is 12.5. The summed E-state index contributed by atoms with van der Waals surface area (Å²) in [5.41, 5.74) is -2.77. The zero-order valence-electron chi connectivity index (χ0n) is 25.8. The van der Waals surface area contributed by atoms with Gasteiger partial charge in [-0.2, -0.15) is 0 Å². The van der Waals surface area contributed by atoms with E-state index in [1.165, 1.54) is 18.2 Å². The topological polar surface area (TPSA) is 281 Å². The molecule has 8 bridgehead atoms. The molecule has 3 aromatic carbocycles. The number of rotatable bonds is 6. The molecule has 248 valence electrons. The van der Waals surface area contributed by atoms with Gasteiger partial charge in [-0.25, -0.2) is 0 Å². The van der Waals surface area contributed by atoms with Crippen LogP contribution in [0.15, 0.2) is 72.4 Å². The molecule has 8 rings (SSSR count). The molecule has 52 heavy (non-hydrogen) atoms. The van der Waals surface area contributed by atoms with Crippen LogP contribution in [-0.2, 0) is 17.9 Å². The van der Waals surface area contributed by atoms with Crippen molar-refractivity contribution in [3.63, 3.8) is 0 Å². The van der Waals surface area contributed by atoms with Gasteiger partial charge in [-0.15, -0.1) is 0 Å². The molecule has 2 aliphatic heterocycles. The molecule has 2 aliphatic rings. The van der Waals surface area contributed by atoms with Crippen LogP contribution < -0.4 is 0 Å². The first-order chi connectivity index (χ1) is 25.0. The number of benzene rings is 3. The quantitative estimate of drug-likeness (QED) is 0.102. The van der Waals surface area contributed by atoms with Gasteiger partial charge in [0.25, 0.3) is 0 Å². The molecule has 0 spiro atoms. The van der Waals surface area contributed by atoms with E-state index in [-0.39, 0.29) is 40.1 Å². The first-order valence-electron chi connectivity index (χ1n) is 14.8. The van der Waals surface area contributed by atoms with Gasteiger partial charge in [0, 0.05) is 5.39 Å². The average Bonchev–Trinajstić information content (AvgIpc) is 3.86. The van der Waals surface area contributed by atoms with Gasteiger partial charge in [-0.05, 0) is 0 Å². The van der Waals surface area contributed by atoms with Crippen molar-refractivity contribution in [1.82, 2.24) is 39.9 Å². The summed E-state index contributed by atoms with van der Waals surface area (Å²) in [6.45, 7) is 0. The average molecular weight is 747 g/mol. The van der Waals surface area contributed by atoms with Crippen LogP contribution in [0.3, 0.4) is 0 Å². The van der Waals surface area contributed by atoms with Crippen molar-refractivity contribution < 1.29 is 37.5 Å². The van der Waals surface area contributed by atoms with E-state index in [2.05, 4.69) is 36.0 Å². The molecule has 2 N–H and O–H groups in total. The van der Waals surface area contributed by atoms with E-state index < -0.39 is 70.1 Å². The molecule has 5 heterocycles. The van der Waals surface area contributed by atoms with Crippen LogP contribution in [0.25, 0.3) is 84.6 Å². The van der Waals surface area contributed by atoms with E-state index in [0.29, 0.717) is 33.2 Å². The minimum atomic E-state index is -1.40. The predicted molar refractivity (Wildman–Crippen MR) is 177 cm³/mol. The molecule has 0 atom stereocenters. The first kappa shape index (κ1) is 31.8. The van der Waals surface area contributed by atoms with Gasteiger partial charge in [0.2, 0.25) is 0 Å². The van der Waals surface area contributed by atoms with E-state index in [4.69, 9.17) is 9.97 Å². The molecule has 0 radical (unpaired) electrons. The van der Waals surface area contributed by atoms with Gasteiger partial charge in [0.05, 0.1) is 0 Å². The monoisotopic (exact) mass is 745 g/mol. The molecule has 0 unspecified atom stereocenters. The Balaban J connectivity index is 1.59. The van der Waals surface area contributed by atoms with Crippen LogP contribution in [0.5, 0.6) is 0 Å². The third-order valence-corrected chi connectivity index (χ3v) is 9.36. The number of H-pyrrole nitrogens is 2. The number of nitrogens with one attached hydrogen (secondary N) is 2. The summed E-state index contributed by atoms with van der Waals surface area (Å²) in [6, 6.07) is 21.0. The van der Waals surface area contributed by atoms with Crippen LogP contribution in [0, 0.1) is 46.5 Å². The van der Waals surface area contributed by atoms with E-state index in [1.54, 1.807) is 36.4 Å². The Labute approximate surface area is 295 Å². The maximum absolute atomic E-state index is 12.5. The summed E-state index contributed by atoms with van der Waals surface area (Å²) < 4.78 is -1.02. The first-order valence-corrected chi connectivity index (χ1v) is 16.3. The van der Waals surface area contributed by atoms with Crippen molar-refractivity contribution in [2.24, 2.45) is 0 Å². The molecule has 21 heteroatoms. The zero-order valence-corrected chi connectivity index (χ0v) is 28.8. The number of aromatic nitrogens is 8. The molecule has 0 saturated carbocycles. The van der Waals surface area contributed by atoms with E-state index in [1.807, 2.05) is 12.1 Å². The predicted octanol–water partition coefficient (Wildman–Crippen LogP) is 4.60. The SMILES string of the molecule is O=[N+]([O-])[C](=[Zn])/C(=C(\c1[c-]c2nc3nc(nc4[nH]c(nc5nc(nc1[nH]2)-c1c-5cccc1[N+](=O)[O-])c1ccccc41)-c1ccccc1-3)[N+](=O)[O-])[N+](=O)[O-]. The fraction of sp³-hybridized carbons (Fsp3) is 0. The Bertz CT molecular complexity index is 2870. The molecule has 3 aromatic heterocycles. The number of nitro groups is 4. The minimum absolute atomic E-state index is 0.0248. The van der Waals surface area contributed by atoms with Crippen molar-refractivity contribution in [1.29, 1.82) is 0 Å². The van der Waals surface area contributed by atoms with Crippen LogP contribution in [0.2, 0.25) is 0 Å². The van der Waals surface area contributed by atoms with Crippen molar-refractivity contribution in [3.8, 4) is 45.6 Å². The summed E-state index contributed by atoms with van der Waals surface area (Å²) in [5.74, 6) is -0.0461. The fourth-order valence-electron chi connectivity index (χ4n) is 5.91. The Morgan fingerprint density at radius 3 is 1.75 bits per heavy atom. The summed E-state index contributed by atoms with van der Waals surface area (Å²) in [6.07, 6.45) is 0. The molecular formula is C31H13N12O8Zn-. The third-order valence-electron chi connectivity index (χ3n) is 8.12. The molecule has 6 aromatic rings. The summed E-state index contributed by atoms with van der Waals surface area (Å²) in [5, 5.41) is 50.0. The van der Waals surface area contributed by atoms with E-state index in [9.17, 15) is 40.5 Å². The second kappa shape index (κ2) is 11.9. The Kier molecular flexibility index (Phi) is 7.27. The number of nitrogens with zero attached hydrogens (tertiary/aromatic N) is 10. The van der Waals surface area contributed by atoms with Gasteiger partial charge in [0.15, 0.2) is 0 Å². The van der Waals surface area contributed by atoms with Crippen molar-refractivity contribution in [2.45, 2.75) is 0 Å². The normalized spacial score (nSPS) is 12.1. The second-order valence-corrected chi connectivity index (χ2v) is 12.5. The number of hydrogen-bond acceptors (Lipinski definition) is 14. The van der Waals surface area contributed by atoms with Crippen molar-refractivity contribution in [2.75, 3.05) is 0 Å². The standard InChI is InChI=1S/C31H13N12O8.Zn/c44-40(45)13-21(42(48)49)24(43(50)51)19-12-22-32-25-14-6-1-2-7-15(14)26(34-25)35-27-16-8-3-4-9-17(16)28(36-27)37-29-18-10-5-11-20(41(46)47)23(18)31(38-29)39-30(19)33-22;/h1-11H,(H2,32,33,34,35,36,37,38,39);/q-1;/b24-21-;. The second-order valence-electron chi connectivity index (χ2n) is 11.1. The Hall–Kier alpha value is -7.41. The van der Waals surface area contributed by atoms with Crippen LogP contribution in [0.1, 0.15) is 5.56 Å². The molecule has 0 amide bonds. The third kappa shape index (κ3) is 5.07.